The minimum atomic E-state index is -2.85. The smallest absolute Gasteiger partial charge is 0.171 e. The van der Waals surface area contributed by atoms with Crippen LogP contribution < -0.4 is 21.6 Å². The van der Waals surface area contributed by atoms with E-state index in [1.54, 1.807) is 0 Å². The molecule has 4 rings (SSSR count). The second kappa shape index (κ2) is 4.86. The SMILES string of the molecule is Nc1cccc2c1Cc1ccccc1P2(=O)c1ccccc1. The number of fused-ring (bicyclic) bond motifs is 2. The molecule has 1 atom stereocenters. The Morgan fingerprint density at radius 3 is 2.27 bits per heavy atom. The molecule has 3 aromatic rings. The normalized spacial score (nSPS) is 19.3. The predicted octanol–water partition coefficient (Wildman–Crippen LogP) is 2.81. The molecule has 0 saturated heterocycles. The van der Waals surface area contributed by atoms with Crippen LogP contribution in [0.4, 0.5) is 5.69 Å². The third-order valence-electron chi connectivity index (χ3n) is 4.34. The van der Waals surface area contributed by atoms with Crippen LogP contribution in [0.1, 0.15) is 11.1 Å². The molecule has 3 aromatic carbocycles. The average molecular weight is 305 g/mol. The number of benzene rings is 3. The molecular formula is C19H16NOP. The topological polar surface area (TPSA) is 43.1 Å². The van der Waals surface area contributed by atoms with Gasteiger partial charge < -0.3 is 10.3 Å². The van der Waals surface area contributed by atoms with Gasteiger partial charge in [-0.1, -0.05) is 66.7 Å². The van der Waals surface area contributed by atoms with Gasteiger partial charge >= 0.3 is 0 Å². The van der Waals surface area contributed by atoms with Crippen LogP contribution in [-0.2, 0) is 11.0 Å². The molecule has 0 radical (unpaired) electrons. The summed E-state index contributed by atoms with van der Waals surface area (Å²) in [6, 6.07) is 23.5. The number of anilines is 1. The Balaban J connectivity index is 2.11. The summed E-state index contributed by atoms with van der Waals surface area (Å²) in [6.07, 6.45) is 0.745. The first-order valence-electron chi connectivity index (χ1n) is 7.33. The quantitative estimate of drug-likeness (QED) is 0.434. The van der Waals surface area contributed by atoms with Gasteiger partial charge in [0.25, 0.3) is 0 Å². The molecule has 1 unspecified atom stereocenters. The highest BCUT2D eigenvalue weighted by molar-refractivity contribution is 7.85. The van der Waals surface area contributed by atoms with E-state index in [0.29, 0.717) is 0 Å². The molecule has 2 N–H and O–H groups in total. The minimum absolute atomic E-state index is 0.725. The number of rotatable bonds is 1. The zero-order chi connectivity index (χ0) is 15.2. The van der Waals surface area contributed by atoms with Crippen molar-refractivity contribution in [3.63, 3.8) is 0 Å². The fraction of sp³-hybridized carbons (Fsp3) is 0.0526. The molecule has 0 saturated carbocycles. The van der Waals surface area contributed by atoms with E-state index in [1.165, 1.54) is 0 Å². The lowest BCUT2D eigenvalue weighted by Crippen LogP contribution is -2.34. The Morgan fingerprint density at radius 2 is 1.45 bits per heavy atom. The third kappa shape index (κ3) is 1.77. The van der Waals surface area contributed by atoms with Gasteiger partial charge in [0, 0.05) is 28.0 Å². The van der Waals surface area contributed by atoms with Crippen molar-refractivity contribution >= 4 is 28.7 Å². The highest BCUT2D eigenvalue weighted by Crippen LogP contribution is 2.48. The summed E-state index contributed by atoms with van der Waals surface area (Å²) in [5.41, 5.74) is 9.02. The van der Waals surface area contributed by atoms with Gasteiger partial charge in [0.1, 0.15) is 0 Å². The summed E-state index contributed by atoms with van der Waals surface area (Å²) in [6.45, 7) is 0. The monoisotopic (exact) mass is 305 g/mol. The maximum atomic E-state index is 14.2. The van der Waals surface area contributed by atoms with Crippen molar-refractivity contribution in [2.45, 2.75) is 6.42 Å². The van der Waals surface area contributed by atoms with Gasteiger partial charge in [-0.2, -0.15) is 0 Å². The van der Waals surface area contributed by atoms with E-state index in [-0.39, 0.29) is 0 Å². The molecule has 1 aliphatic rings. The van der Waals surface area contributed by atoms with E-state index in [0.717, 1.165) is 39.1 Å². The molecule has 0 bridgehead atoms. The van der Waals surface area contributed by atoms with E-state index in [2.05, 4.69) is 6.07 Å². The van der Waals surface area contributed by atoms with E-state index in [4.69, 9.17) is 5.73 Å². The van der Waals surface area contributed by atoms with E-state index >= 15 is 0 Å². The first-order chi connectivity index (χ1) is 10.7. The van der Waals surface area contributed by atoms with Crippen LogP contribution in [0.15, 0.2) is 72.8 Å². The van der Waals surface area contributed by atoms with Crippen molar-refractivity contribution < 1.29 is 4.57 Å². The lowest BCUT2D eigenvalue weighted by atomic mass is 10.0. The molecule has 22 heavy (non-hydrogen) atoms. The maximum absolute atomic E-state index is 14.2. The zero-order valence-corrected chi connectivity index (χ0v) is 13.0. The maximum Gasteiger partial charge on any atom is 0.171 e. The average Bonchev–Trinajstić information content (AvgIpc) is 2.57. The van der Waals surface area contributed by atoms with E-state index in [9.17, 15) is 4.57 Å². The van der Waals surface area contributed by atoms with Crippen molar-refractivity contribution in [2.24, 2.45) is 0 Å². The standard InChI is InChI=1S/C19H16NOP/c20-17-10-6-12-19-16(17)13-14-7-4-5-11-18(14)22(19,21)15-8-2-1-3-9-15/h1-12H,13,20H2. The number of nitrogen functional groups attached to an aromatic ring is 1. The predicted molar refractivity (Wildman–Crippen MR) is 93.1 cm³/mol. The molecule has 3 heteroatoms. The highest BCUT2D eigenvalue weighted by atomic mass is 31.2. The minimum Gasteiger partial charge on any atom is -0.398 e. The molecule has 0 aliphatic carbocycles. The van der Waals surface area contributed by atoms with Gasteiger partial charge in [0.05, 0.1) is 0 Å². The first-order valence-corrected chi connectivity index (χ1v) is 9.04. The van der Waals surface area contributed by atoms with Crippen molar-refractivity contribution in [3.8, 4) is 0 Å². The molecule has 0 spiro atoms. The largest absolute Gasteiger partial charge is 0.398 e. The lowest BCUT2D eigenvalue weighted by Gasteiger charge is -2.30. The molecule has 108 valence electrons. The third-order valence-corrected chi connectivity index (χ3v) is 7.58. The van der Waals surface area contributed by atoms with Gasteiger partial charge in [0.2, 0.25) is 0 Å². The van der Waals surface area contributed by atoms with Crippen molar-refractivity contribution in [1.82, 2.24) is 0 Å². The molecule has 0 amide bonds. The molecule has 1 heterocycles. The van der Waals surface area contributed by atoms with Gasteiger partial charge in [-0.15, -0.1) is 0 Å². The number of nitrogens with two attached hydrogens (primary N) is 1. The Morgan fingerprint density at radius 1 is 0.773 bits per heavy atom. The van der Waals surface area contributed by atoms with Crippen LogP contribution in [-0.4, -0.2) is 0 Å². The van der Waals surface area contributed by atoms with Gasteiger partial charge in [-0.3, -0.25) is 0 Å². The summed E-state index contributed by atoms with van der Waals surface area (Å²) in [4.78, 5) is 0. The molecule has 0 aromatic heterocycles. The summed E-state index contributed by atoms with van der Waals surface area (Å²) >= 11 is 0. The number of hydrogen-bond donors (Lipinski definition) is 1. The second-order valence-electron chi connectivity index (χ2n) is 5.60. The molecular weight excluding hydrogens is 289 g/mol. The molecule has 2 nitrogen and oxygen atoms in total. The second-order valence-corrected chi connectivity index (χ2v) is 8.29. The summed E-state index contributed by atoms with van der Waals surface area (Å²) in [7, 11) is -2.85. The van der Waals surface area contributed by atoms with Gasteiger partial charge in [-0.05, 0) is 17.2 Å². The van der Waals surface area contributed by atoms with Crippen molar-refractivity contribution in [1.29, 1.82) is 0 Å². The highest BCUT2D eigenvalue weighted by Gasteiger charge is 2.37. The zero-order valence-electron chi connectivity index (χ0n) is 12.1. The van der Waals surface area contributed by atoms with Crippen LogP contribution >= 0.6 is 7.14 Å². The Labute approximate surface area is 130 Å². The van der Waals surface area contributed by atoms with Crippen LogP contribution in [0.2, 0.25) is 0 Å². The Bertz CT molecular complexity index is 902. The van der Waals surface area contributed by atoms with Crippen molar-refractivity contribution in [2.75, 3.05) is 5.73 Å². The van der Waals surface area contributed by atoms with E-state index in [1.807, 2.05) is 66.7 Å². The summed E-state index contributed by atoms with van der Waals surface area (Å²) in [5.74, 6) is 0. The van der Waals surface area contributed by atoms with E-state index < -0.39 is 7.14 Å². The first kappa shape index (κ1) is 13.4. The lowest BCUT2D eigenvalue weighted by molar-refractivity contribution is 0.592. The van der Waals surface area contributed by atoms with Crippen LogP contribution in [0, 0.1) is 0 Å². The summed E-state index contributed by atoms with van der Waals surface area (Å²) < 4.78 is 14.2. The van der Waals surface area contributed by atoms with Gasteiger partial charge in [0.15, 0.2) is 7.14 Å². The molecule has 0 fully saturated rings. The van der Waals surface area contributed by atoms with Crippen LogP contribution in [0.3, 0.4) is 0 Å². The Hall–Kier alpha value is -2.31. The van der Waals surface area contributed by atoms with Crippen LogP contribution in [0.5, 0.6) is 0 Å². The Kier molecular flexibility index (Phi) is 2.95. The fourth-order valence-electron chi connectivity index (χ4n) is 3.28. The van der Waals surface area contributed by atoms with Gasteiger partial charge in [-0.25, -0.2) is 0 Å². The molecule has 1 aliphatic heterocycles. The van der Waals surface area contributed by atoms with Crippen molar-refractivity contribution in [3.05, 3.63) is 83.9 Å². The summed E-state index contributed by atoms with van der Waals surface area (Å²) in [5, 5.41) is 2.70. The fourth-order valence-corrected chi connectivity index (χ4v) is 6.43. The van der Waals surface area contributed by atoms with Crippen LogP contribution in [0.25, 0.3) is 0 Å². The number of hydrogen-bond acceptors (Lipinski definition) is 2.